The predicted molar refractivity (Wildman–Crippen MR) is 130 cm³/mol. The second-order valence-corrected chi connectivity index (χ2v) is 7.79. The van der Waals surface area contributed by atoms with Crippen molar-refractivity contribution in [2.75, 3.05) is 14.2 Å². The highest BCUT2D eigenvalue weighted by Gasteiger charge is 2.40. The summed E-state index contributed by atoms with van der Waals surface area (Å²) in [5, 5.41) is 20.0. The normalized spacial score (nSPS) is 11.7. The van der Waals surface area contributed by atoms with Crippen LogP contribution >= 0.6 is 0 Å². The Balaban J connectivity index is 2.05. The predicted octanol–water partition coefficient (Wildman–Crippen LogP) is 4.61. The number of aromatic nitrogens is 2. The van der Waals surface area contributed by atoms with E-state index in [2.05, 4.69) is 4.98 Å². The van der Waals surface area contributed by atoms with Crippen LogP contribution in [0.25, 0.3) is 22.5 Å². The molecule has 35 heavy (non-hydrogen) atoms. The summed E-state index contributed by atoms with van der Waals surface area (Å²) < 4.78 is 12.4. The summed E-state index contributed by atoms with van der Waals surface area (Å²) in [4.78, 5) is 29.2. The summed E-state index contributed by atoms with van der Waals surface area (Å²) in [7, 11) is 2.94. The first-order valence-corrected chi connectivity index (χ1v) is 10.8. The molecule has 2 N–H and O–H groups in total. The molecule has 0 fully saturated rings. The highest BCUT2D eigenvalue weighted by molar-refractivity contribution is 5.94. The molecule has 0 aliphatic heterocycles. The molecule has 1 aromatic heterocycles. The molecular formula is C27H24N2O6. The first-order chi connectivity index (χ1) is 17.0. The molecular weight excluding hydrogens is 448 g/mol. The van der Waals surface area contributed by atoms with Crippen molar-refractivity contribution in [3.8, 4) is 34.0 Å². The number of carboxylic acid groups (broad SMARTS) is 2. The van der Waals surface area contributed by atoms with E-state index in [1.165, 1.54) is 20.5 Å². The highest BCUT2D eigenvalue weighted by Crippen LogP contribution is 2.41. The van der Waals surface area contributed by atoms with E-state index in [-0.39, 0.29) is 0 Å². The van der Waals surface area contributed by atoms with Crippen molar-refractivity contribution in [1.82, 2.24) is 9.55 Å². The lowest BCUT2D eigenvalue weighted by Crippen LogP contribution is -2.34. The van der Waals surface area contributed by atoms with Gasteiger partial charge in [-0.15, -0.1) is 0 Å². The smallest absolute Gasteiger partial charge is 0.320 e. The first kappa shape index (κ1) is 23.6. The van der Waals surface area contributed by atoms with E-state index >= 15 is 0 Å². The maximum absolute atomic E-state index is 12.3. The molecule has 4 aromatic rings. The molecule has 0 saturated heterocycles. The van der Waals surface area contributed by atoms with Crippen molar-refractivity contribution in [3.63, 3.8) is 0 Å². The van der Waals surface area contributed by atoms with Crippen LogP contribution in [-0.2, 0) is 9.59 Å². The number of hydrogen-bond donors (Lipinski definition) is 2. The molecule has 0 aliphatic carbocycles. The number of aliphatic carboxylic acids is 2. The highest BCUT2D eigenvalue weighted by atomic mass is 16.5. The van der Waals surface area contributed by atoms with Gasteiger partial charge in [-0.1, -0.05) is 60.7 Å². The molecule has 0 amide bonds. The number of rotatable bonds is 9. The van der Waals surface area contributed by atoms with Crippen molar-refractivity contribution < 1.29 is 29.3 Å². The third-order valence-electron chi connectivity index (χ3n) is 5.80. The minimum absolute atomic E-state index is 0.302. The minimum atomic E-state index is -1.82. The maximum Gasteiger partial charge on any atom is 0.320 e. The van der Waals surface area contributed by atoms with Gasteiger partial charge in [-0.2, -0.15) is 0 Å². The third kappa shape index (κ3) is 4.59. The molecule has 0 spiro atoms. The fraction of sp³-hybridized carbons (Fsp3) is 0.148. The maximum atomic E-state index is 12.3. The van der Waals surface area contributed by atoms with Crippen LogP contribution in [0.1, 0.15) is 11.6 Å². The van der Waals surface area contributed by atoms with Crippen molar-refractivity contribution in [1.29, 1.82) is 0 Å². The van der Waals surface area contributed by atoms with Crippen LogP contribution in [0.5, 0.6) is 11.5 Å². The Hall–Kier alpha value is -4.59. The summed E-state index contributed by atoms with van der Waals surface area (Å²) in [6, 6.07) is 22.5. The van der Waals surface area contributed by atoms with Crippen LogP contribution in [0.4, 0.5) is 0 Å². The van der Waals surface area contributed by atoms with Gasteiger partial charge in [-0.25, -0.2) is 4.98 Å². The Morgan fingerprint density at radius 3 is 1.97 bits per heavy atom. The second kappa shape index (κ2) is 10.1. The van der Waals surface area contributed by atoms with Crippen LogP contribution in [0.2, 0.25) is 0 Å². The molecule has 1 atom stereocenters. The molecule has 1 heterocycles. The van der Waals surface area contributed by atoms with Crippen molar-refractivity contribution in [3.05, 3.63) is 90.8 Å². The molecule has 178 valence electrons. The van der Waals surface area contributed by atoms with E-state index in [9.17, 15) is 19.8 Å². The van der Waals surface area contributed by atoms with E-state index in [1.807, 2.05) is 60.7 Å². The number of ether oxygens (including phenoxy) is 2. The third-order valence-corrected chi connectivity index (χ3v) is 5.80. The fourth-order valence-electron chi connectivity index (χ4n) is 4.19. The van der Waals surface area contributed by atoms with Crippen LogP contribution in [0.3, 0.4) is 0 Å². The van der Waals surface area contributed by atoms with E-state index < -0.39 is 23.9 Å². The van der Waals surface area contributed by atoms with Crippen LogP contribution in [0, 0.1) is 5.92 Å². The fourth-order valence-corrected chi connectivity index (χ4v) is 4.19. The van der Waals surface area contributed by atoms with Crippen LogP contribution in [0.15, 0.2) is 85.2 Å². The van der Waals surface area contributed by atoms with Gasteiger partial charge in [0.05, 0.1) is 38.0 Å². The Morgan fingerprint density at radius 2 is 1.43 bits per heavy atom. The average Bonchev–Trinajstić information content (AvgIpc) is 3.32. The number of carbonyl (C=O) groups is 2. The van der Waals surface area contributed by atoms with Gasteiger partial charge >= 0.3 is 11.9 Å². The van der Waals surface area contributed by atoms with Crippen LogP contribution < -0.4 is 9.47 Å². The van der Waals surface area contributed by atoms with Crippen molar-refractivity contribution in [2.24, 2.45) is 5.92 Å². The summed E-state index contributed by atoms with van der Waals surface area (Å²) >= 11 is 0. The number of imidazole rings is 1. The van der Waals surface area contributed by atoms with E-state index in [0.29, 0.717) is 28.5 Å². The average molecular weight is 472 g/mol. The summed E-state index contributed by atoms with van der Waals surface area (Å²) in [6.45, 7) is 0. The van der Waals surface area contributed by atoms with E-state index in [1.54, 1.807) is 22.8 Å². The van der Waals surface area contributed by atoms with Gasteiger partial charge in [0.2, 0.25) is 0 Å². The van der Waals surface area contributed by atoms with Crippen molar-refractivity contribution in [2.45, 2.75) is 6.04 Å². The topological polar surface area (TPSA) is 111 Å². The lowest BCUT2D eigenvalue weighted by atomic mass is 9.90. The minimum Gasteiger partial charge on any atom is -0.497 e. The standard InChI is InChI=1S/C27H24N2O6/c1-34-19-13-14-20(21(15-19)35-2)25(22(26(30)31)27(32)33)29-16-28-23(17-9-5-3-6-10-17)24(29)18-11-7-4-8-12-18/h3-16,22,25H,1-2H3,(H,30,31)(H,32,33). The zero-order valence-electron chi connectivity index (χ0n) is 19.2. The largest absolute Gasteiger partial charge is 0.497 e. The molecule has 4 rings (SSSR count). The zero-order chi connectivity index (χ0) is 24.9. The van der Waals surface area contributed by atoms with Gasteiger partial charge in [-0.05, 0) is 12.1 Å². The Bertz CT molecular complexity index is 1320. The lowest BCUT2D eigenvalue weighted by molar-refractivity contribution is -0.156. The van der Waals surface area contributed by atoms with Crippen molar-refractivity contribution >= 4 is 11.9 Å². The monoisotopic (exact) mass is 472 g/mol. The second-order valence-electron chi connectivity index (χ2n) is 7.79. The number of carboxylic acids is 2. The first-order valence-electron chi connectivity index (χ1n) is 10.8. The van der Waals surface area contributed by atoms with E-state index in [4.69, 9.17) is 9.47 Å². The van der Waals surface area contributed by atoms with Gasteiger partial charge in [0.1, 0.15) is 11.5 Å². The molecule has 0 radical (unpaired) electrons. The number of nitrogens with zero attached hydrogens (tertiary/aromatic N) is 2. The zero-order valence-corrected chi connectivity index (χ0v) is 19.2. The van der Waals surface area contributed by atoms with Gasteiger partial charge in [-0.3, -0.25) is 9.59 Å². The molecule has 8 nitrogen and oxygen atoms in total. The summed E-state index contributed by atoms with van der Waals surface area (Å²) in [6.07, 6.45) is 1.48. The molecule has 0 saturated carbocycles. The molecule has 3 aromatic carbocycles. The van der Waals surface area contributed by atoms with Gasteiger partial charge < -0.3 is 24.3 Å². The molecule has 0 bridgehead atoms. The van der Waals surface area contributed by atoms with Gasteiger partial charge in [0.15, 0.2) is 5.92 Å². The molecule has 0 aliphatic rings. The quantitative estimate of drug-likeness (QED) is 0.342. The lowest BCUT2D eigenvalue weighted by Gasteiger charge is -2.27. The number of benzene rings is 3. The Morgan fingerprint density at radius 1 is 0.829 bits per heavy atom. The Labute approximate surface area is 202 Å². The summed E-state index contributed by atoms with van der Waals surface area (Å²) in [5.41, 5.74) is 3.14. The number of methoxy groups -OCH3 is 2. The SMILES string of the molecule is COc1ccc(C(C(C(=O)O)C(=O)O)n2cnc(-c3ccccc3)c2-c2ccccc2)c(OC)c1. The van der Waals surface area contributed by atoms with Gasteiger partial charge in [0, 0.05) is 22.8 Å². The molecule has 1 unspecified atom stereocenters. The van der Waals surface area contributed by atoms with Crippen LogP contribution in [-0.4, -0.2) is 45.9 Å². The summed E-state index contributed by atoms with van der Waals surface area (Å²) in [5.74, 6) is -3.98. The van der Waals surface area contributed by atoms with E-state index in [0.717, 1.165) is 11.1 Å². The Kier molecular flexibility index (Phi) is 6.82. The molecule has 8 heteroatoms. The van der Waals surface area contributed by atoms with Gasteiger partial charge in [0.25, 0.3) is 0 Å². The number of hydrogen-bond acceptors (Lipinski definition) is 5.